The normalized spacial score (nSPS) is 10.6. The fourth-order valence-electron chi connectivity index (χ4n) is 2.86. The van der Waals surface area contributed by atoms with Gasteiger partial charge in [0.15, 0.2) is 0 Å². The lowest BCUT2D eigenvalue weighted by Gasteiger charge is -2.08. The second-order valence-corrected chi connectivity index (χ2v) is 6.34. The first kappa shape index (κ1) is 19.1. The van der Waals surface area contributed by atoms with Gasteiger partial charge in [0.05, 0.1) is 10.9 Å². The minimum atomic E-state index is -0.488. The first-order chi connectivity index (χ1) is 13.4. The van der Waals surface area contributed by atoms with E-state index in [0.717, 1.165) is 4.57 Å². The van der Waals surface area contributed by atoms with Crippen molar-refractivity contribution in [2.75, 3.05) is 10.6 Å². The van der Waals surface area contributed by atoms with E-state index in [9.17, 15) is 19.2 Å². The highest BCUT2D eigenvalue weighted by Gasteiger charge is 2.08. The fraction of sp³-hybridized carbons (Fsp3) is 0.200. The maximum Gasteiger partial charge on any atom is 0.328 e. The summed E-state index contributed by atoms with van der Waals surface area (Å²) in [5, 5.41) is 5.82. The van der Waals surface area contributed by atoms with Crippen LogP contribution in [0.2, 0.25) is 0 Å². The zero-order chi connectivity index (χ0) is 20.1. The number of nitrogens with zero attached hydrogens (tertiary/aromatic N) is 1. The highest BCUT2D eigenvalue weighted by atomic mass is 16.2. The molecule has 3 rings (SSSR count). The Kier molecular flexibility index (Phi) is 5.69. The quantitative estimate of drug-likeness (QED) is 0.607. The van der Waals surface area contributed by atoms with Crippen molar-refractivity contribution in [3.63, 3.8) is 0 Å². The standard InChI is InChI=1S/C20H20N4O4/c1-13(25)21-14-8-10-15(11-9-14)22-18(26)7-4-12-24-19(27)16-5-2-3-6-17(16)23-20(24)28/h2-3,5-6,8-11H,4,7,12H2,1H3,(H,21,25)(H,22,26)(H,23,28). The van der Waals surface area contributed by atoms with Crippen LogP contribution in [0.4, 0.5) is 11.4 Å². The van der Waals surface area contributed by atoms with Crippen molar-refractivity contribution in [1.29, 1.82) is 0 Å². The van der Waals surface area contributed by atoms with Gasteiger partial charge in [-0.25, -0.2) is 4.79 Å². The van der Waals surface area contributed by atoms with E-state index < -0.39 is 5.69 Å². The van der Waals surface area contributed by atoms with E-state index in [0.29, 0.717) is 28.7 Å². The van der Waals surface area contributed by atoms with Crippen LogP contribution < -0.4 is 21.9 Å². The molecule has 0 aliphatic carbocycles. The number of H-pyrrole nitrogens is 1. The summed E-state index contributed by atoms with van der Waals surface area (Å²) >= 11 is 0. The molecule has 2 amide bonds. The number of benzene rings is 2. The van der Waals surface area contributed by atoms with Gasteiger partial charge in [0.25, 0.3) is 5.56 Å². The van der Waals surface area contributed by atoms with Crippen LogP contribution in [0, 0.1) is 0 Å². The van der Waals surface area contributed by atoms with E-state index in [1.165, 1.54) is 6.92 Å². The number of aromatic nitrogens is 2. The second-order valence-electron chi connectivity index (χ2n) is 6.34. The Hall–Kier alpha value is -3.68. The number of hydrogen-bond acceptors (Lipinski definition) is 4. The van der Waals surface area contributed by atoms with Crippen LogP contribution in [0.3, 0.4) is 0 Å². The highest BCUT2D eigenvalue weighted by molar-refractivity contribution is 5.92. The summed E-state index contributed by atoms with van der Waals surface area (Å²) < 4.78 is 1.11. The molecule has 8 nitrogen and oxygen atoms in total. The number of carbonyl (C=O) groups excluding carboxylic acids is 2. The van der Waals surface area contributed by atoms with Crippen LogP contribution in [0.25, 0.3) is 10.9 Å². The number of carbonyl (C=O) groups is 2. The molecule has 0 atom stereocenters. The van der Waals surface area contributed by atoms with Crippen LogP contribution in [0.1, 0.15) is 19.8 Å². The molecule has 1 aromatic heterocycles. The topological polar surface area (TPSA) is 113 Å². The summed E-state index contributed by atoms with van der Waals surface area (Å²) in [5.74, 6) is -0.395. The molecule has 0 saturated heterocycles. The number of nitrogens with one attached hydrogen (secondary N) is 3. The minimum Gasteiger partial charge on any atom is -0.326 e. The molecular weight excluding hydrogens is 360 g/mol. The molecule has 28 heavy (non-hydrogen) atoms. The Balaban J connectivity index is 1.58. The van der Waals surface area contributed by atoms with Crippen molar-refractivity contribution < 1.29 is 9.59 Å². The summed E-state index contributed by atoms with van der Waals surface area (Å²) in [4.78, 5) is 50.3. The van der Waals surface area contributed by atoms with E-state index in [2.05, 4.69) is 15.6 Å². The van der Waals surface area contributed by atoms with E-state index in [1.807, 2.05) is 0 Å². The van der Waals surface area contributed by atoms with E-state index in [4.69, 9.17) is 0 Å². The van der Waals surface area contributed by atoms with Crippen molar-refractivity contribution in [2.24, 2.45) is 0 Å². The molecule has 0 aliphatic rings. The number of aromatic amines is 1. The van der Waals surface area contributed by atoms with Gasteiger partial charge < -0.3 is 15.6 Å². The predicted octanol–water partition coefficient (Wildman–Crippen LogP) is 2.07. The van der Waals surface area contributed by atoms with Gasteiger partial charge in [-0.3, -0.25) is 19.0 Å². The highest BCUT2D eigenvalue weighted by Crippen LogP contribution is 2.14. The Bertz CT molecular complexity index is 1130. The second kappa shape index (κ2) is 8.34. The summed E-state index contributed by atoms with van der Waals surface area (Å²) in [6, 6.07) is 13.5. The molecule has 0 saturated carbocycles. The van der Waals surface area contributed by atoms with Crippen molar-refractivity contribution in [1.82, 2.24) is 9.55 Å². The lowest BCUT2D eigenvalue weighted by Crippen LogP contribution is -2.35. The van der Waals surface area contributed by atoms with Gasteiger partial charge >= 0.3 is 5.69 Å². The van der Waals surface area contributed by atoms with E-state index >= 15 is 0 Å². The average Bonchev–Trinajstić information content (AvgIpc) is 2.65. The third-order valence-corrected chi connectivity index (χ3v) is 4.16. The molecule has 0 bridgehead atoms. The number of anilines is 2. The summed E-state index contributed by atoms with van der Waals surface area (Å²) in [7, 11) is 0. The number of rotatable bonds is 6. The van der Waals surface area contributed by atoms with Crippen LogP contribution in [0.15, 0.2) is 58.1 Å². The molecule has 0 fully saturated rings. The Morgan fingerprint density at radius 2 is 1.61 bits per heavy atom. The first-order valence-corrected chi connectivity index (χ1v) is 8.83. The van der Waals surface area contributed by atoms with Gasteiger partial charge in [-0.2, -0.15) is 0 Å². The monoisotopic (exact) mass is 380 g/mol. The van der Waals surface area contributed by atoms with Crippen LogP contribution in [0.5, 0.6) is 0 Å². The summed E-state index contributed by atoms with van der Waals surface area (Å²) in [6.07, 6.45) is 0.503. The Morgan fingerprint density at radius 3 is 2.29 bits per heavy atom. The van der Waals surface area contributed by atoms with E-state index in [-0.39, 0.29) is 30.3 Å². The molecule has 0 unspecified atom stereocenters. The molecular formula is C20H20N4O4. The SMILES string of the molecule is CC(=O)Nc1ccc(NC(=O)CCCn2c(=O)[nH]c3ccccc3c2=O)cc1. The number of fused-ring (bicyclic) bond motifs is 1. The van der Waals surface area contributed by atoms with Crippen molar-refractivity contribution in [2.45, 2.75) is 26.3 Å². The third kappa shape index (κ3) is 4.53. The molecule has 1 heterocycles. The minimum absolute atomic E-state index is 0.147. The van der Waals surface area contributed by atoms with Gasteiger partial charge in [0.2, 0.25) is 11.8 Å². The maximum atomic E-state index is 12.4. The number of para-hydroxylation sites is 1. The zero-order valence-corrected chi connectivity index (χ0v) is 15.3. The number of amides is 2. The van der Waals surface area contributed by atoms with Crippen molar-refractivity contribution >= 4 is 34.1 Å². The molecule has 2 aromatic carbocycles. The van der Waals surface area contributed by atoms with Gasteiger partial charge in [-0.1, -0.05) is 12.1 Å². The Labute approximate surface area is 160 Å². The molecule has 0 aliphatic heterocycles. The third-order valence-electron chi connectivity index (χ3n) is 4.16. The Morgan fingerprint density at radius 1 is 0.964 bits per heavy atom. The number of hydrogen-bond donors (Lipinski definition) is 3. The van der Waals surface area contributed by atoms with Gasteiger partial charge in [-0.15, -0.1) is 0 Å². The van der Waals surface area contributed by atoms with Gasteiger partial charge in [0, 0.05) is 31.3 Å². The zero-order valence-electron chi connectivity index (χ0n) is 15.3. The van der Waals surface area contributed by atoms with Crippen LogP contribution in [-0.2, 0) is 16.1 Å². The lowest BCUT2D eigenvalue weighted by molar-refractivity contribution is -0.116. The molecule has 3 N–H and O–H groups in total. The van der Waals surface area contributed by atoms with Crippen molar-refractivity contribution in [3.8, 4) is 0 Å². The molecule has 144 valence electrons. The summed E-state index contributed by atoms with van der Waals surface area (Å²) in [5.41, 5.74) is 0.875. The van der Waals surface area contributed by atoms with Crippen molar-refractivity contribution in [3.05, 3.63) is 69.4 Å². The smallest absolute Gasteiger partial charge is 0.326 e. The van der Waals surface area contributed by atoms with Gasteiger partial charge in [-0.05, 0) is 42.8 Å². The van der Waals surface area contributed by atoms with E-state index in [1.54, 1.807) is 48.5 Å². The average molecular weight is 380 g/mol. The first-order valence-electron chi connectivity index (χ1n) is 8.83. The lowest BCUT2D eigenvalue weighted by atomic mass is 10.2. The molecule has 0 spiro atoms. The van der Waals surface area contributed by atoms with Crippen LogP contribution in [-0.4, -0.2) is 21.4 Å². The molecule has 3 aromatic rings. The van der Waals surface area contributed by atoms with Gasteiger partial charge in [0.1, 0.15) is 0 Å². The maximum absolute atomic E-state index is 12.4. The predicted molar refractivity (Wildman–Crippen MR) is 107 cm³/mol. The van der Waals surface area contributed by atoms with Crippen LogP contribution >= 0.6 is 0 Å². The molecule has 0 radical (unpaired) electrons. The largest absolute Gasteiger partial charge is 0.328 e. The fourth-order valence-corrected chi connectivity index (χ4v) is 2.86. The molecule has 8 heteroatoms. The summed E-state index contributed by atoms with van der Waals surface area (Å²) in [6.45, 7) is 1.57.